The summed E-state index contributed by atoms with van der Waals surface area (Å²) in [7, 11) is 3.10. The third kappa shape index (κ3) is 3.47. The van der Waals surface area contributed by atoms with Crippen LogP contribution in [0, 0.1) is 0 Å². The third-order valence-corrected chi connectivity index (χ3v) is 3.21. The average Bonchev–Trinajstić information content (AvgIpc) is 2.52. The minimum Gasteiger partial charge on any atom is -0.496 e. The van der Waals surface area contributed by atoms with Gasteiger partial charge < -0.3 is 14.2 Å². The number of ether oxygens (including phenoxy) is 3. The van der Waals surface area contributed by atoms with E-state index in [1.165, 1.54) is 7.11 Å². The van der Waals surface area contributed by atoms with Crippen LogP contribution < -0.4 is 14.2 Å². The molecule has 0 spiro atoms. The molecule has 0 aliphatic carbocycles. The Morgan fingerprint density at radius 1 is 1.10 bits per heavy atom. The minimum atomic E-state index is 0.213. The van der Waals surface area contributed by atoms with Gasteiger partial charge in [-0.25, -0.2) is 0 Å². The summed E-state index contributed by atoms with van der Waals surface area (Å²) in [4.78, 5) is 11.1. The molecule has 21 heavy (non-hydrogen) atoms. The summed E-state index contributed by atoms with van der Waals surface area (Å²) < 4.78 is 16.2. The predicted molar refractivity (Wildman–Crippen MR) is 80.7 cm³/mol. The number of carbonyl (C=O) groups is 1. The Balaban J connectivity index is 2.28. The largest absolute Gasteiger partial charge is 0.496 e. The number of hydrogen-bond acceptors (Lipinski definition) is 4. The lowest BCUT2D eigenvalue weighted by molar-refractivity contribution is 0.111. The second kappa shape index (κ2) is 6.99. The fourth-order valence-corrected chi connectivity index (χ4v) is 2.15. The van der Waals surface area contributed by atoms with Crippen molar-refractivity contribution in [2.45, 2.75) is 6.61 Å². The fraction of sp³-hybridized carbons (Fsp3) is 0.188. The summed E-state index contributed by atoms with van der Waals surface area (Å²) >= 11 is 5.98. The van der Waals surface area contributed by atoms with Gasteiger partial charge in [-0.3, -0.25) is 4.79 Å². The lowest BCUT2D eigenvalue weighted by Gasteiger charge is -2.14. The number of rotatable bonds is 6. The lowest BCUT2D eigenvalue weighted by Crippen LogP contribution is -2.02. The Kier molecular flexibility index (Phi) is 5.06. The lowest BCUT2D eigenvalue weighted by atomic mass is 10.2. The van der Waals surface area contributed by atoms with Crippen molar-refractivity contribution in [2.24, 2.45) is 0 Å². The minimum absolute atomic E-state index is 0.213. The average molecular weight is 307 g/mol. The zero-order valence-electron chi connectivity index (χ0n) is 11.8. The van der Waals surface area contributed by atoms with Crippen LogP contribution in [0.2, 0.25) is 5.02 Å². The van der Waals surface area contributed by atoms with Gasteiger partial charge in [-0.1, -0.05) is 17.7 Å². The van der Waals surface area contributed by atoms with E-state index in [2.05, 4.69) is 0 Å². The van der Waals surface area contributed by atoms with Crippen LogP contribution in [-0.4, -0.2) is 20.5 Å². The van der Waals surface area contributed by atoms with Gasteiger partial charge in [0.25, 0.3) is 0 Å². The summed E-state index contributed by atoms with van der Waals surface area (Å²) in [6.45, 7) is 0.213. The predicted octanol–water partition coefficient (Wildman–Crippen LogP) is 3.75. The van der Waals surface area contributed by atoms with Crippen molar-refractivity contribution in [1.29, 1.82) is 0 Å². The van der Waals surface area contributed by atoms with Crippen LogP contribution >= 0.6 is 11.6 Å². The van der Waals surface area contributed by atoms with Gasteiger partial charge in [0.05, 0.1) is 19.8 Å². The molecule has 2 rings (SSSR count). The molecule has 0 aliphatic rings. The molecule has 0 unspecified atom stereocenters. The molecule has 0 heterocycles. The Labute approximate surface area is 128 Å². The van der Waals surface area contributed by atoms with Gasteiger partial charge in [0.15, 0.2) is 17.8 Å². The molecular formula is C16H15ClO4. The van der Waals surface area contributed by atoms with Crippen LogP contribution in [0.4, 0.5) is 0 Å². The van der Waals surface area contributed by atoms with E-state index in [9.17, 15) is 4.79 Å². The molecule has 0 bridgehead atoms. The number of aldehydes is 1. The molecule has 4 nitrogen and oxygen atoms in total. The first-order valence-electron chi connectivity index (χ1n) is 6.27. The maximum Gasteiger partial charge on any atom is 0.172 e. The summed E-state index contributed by atoms with van der Waals surface area (Å²) in [6.07, 6.45) is 0.729. The molecule has 0 aliphatic heterocycles. The van der Waals surface area contributed by atoms with E-state index < -0.39 is 0 Å². The van der Waals surface area contributed by atoms with Crippen molar-refractivity contribution in [3.63, 3.8) is 0 Å². The van der Waals surface area contributed by atoms with Gasteiger partial charge in [-0.05, 0) is 30.3 Å². The molecule has 0 amide bonds. The molecule has 0 saturated heterocycles. The maximum atomic E-state index is 11.1. The Bertz CT molecular complexity index is 640. The van der Waals surface area contributed by atoms with Crippen LogP contribution in [0.1, 0.15) is 15.9 Å². The standard InChI is InChI=1S/C16H15ClO4/c1-19-14-7-6-13(17)8-12(14)10-21-16-11(9-18)4-3-5-15(16)20-2/h3-9H,10H2,1-2H3. The highest BCUT2D eigenvalue weighted by molar-refractivity contribution is 6.30. The summed E-state index contributed by atoms with van der Waals surface area (Å²) in [5.41, 5.74) is 1.21. The van der Waals surface area contributed by atoms with Crippen molar-refractivity contribution >= 4 is 17.9 Å². The smallest absolute Gasteiger partial charge is 0.172 e. The van der Waals surface area contributed by atoms with Crippen molar-refractivity contribution in [3.05, 3.63) is 52.5 Å². The first-order valence-corrected chi connectivity index (χ1v) is 6.64. The van der Waals surface area contributed by atoms with E-state index in [0.29, 0.717) is 27.8 Å². The quantitative estimate of drug-likeness (QED) is 0.762. The molecule has 0 N–H and O–H groups in total. The molecular weight excluding hydrogens is 292 g/mol. The van der Waals surface area contributed by atoms with Crippen LogP contribution in [0.3, 0.4) is 0 Å². The van der Waals surface area contributed by atoms with E-state index in [4.69, 9.17) is 25.8 Å². The SMILES string of the molecule is COc1ccc(Cl)cc1COc1c(C=O)cccc1OC. The van der Waals surface area contributed by atoms with Crippen molar-refractivity contribution in [2.75, 3.05) is 14.2 Å². The second-order valence-electron chi connectivity index (χ2n) is 4.24. The molecule has 0 radical (unpaired) electrons. The van der Waals surface area contributed by atoms with Gasteiger partial charge in [0.2, 0.25) is 0 Å². The first-order chi connectivity index (χ1) is 10.2. The fourth-order valence-electron chi connectivity index (χ4n) is 1.95. The van der Waals surface area contributed by atoms with E-state index >= 15 is 0 Å². The van der Waals surface area contributed by atoms with E-state index in [-0.39, 0.29) is 6.61 Å². The molecule has 0 aromatic heterocycles. The van der Waals surface area contributed by atoms with Crippen LogP contribution in [0.5, 0.6) is 17.2 Å². The van der Waals surface area contributed by atoms with E-state index in [1.807, 2.05) is 0 Å². The molecule has 5 heteroatoms. The first kappa shape index (κ1) is 15.2. The number of halogens is 1. The van der Waals surface area contributed by atoms with Gasteiger partial charge >= 0.3 is 0 Å². The van der Waals surface area contributed by atoms with Crippen LogP contribution in [0.15, 0.2) is 36.4 Å². The molecule has 0 fully saturated rings. The molecule has 110 valence electrons. The molecule has 2 aromatic carbocycles. The monoisotopic (exact) mass is 306 g/mol. The number of carbonyl (C=O) groups excluding carboxylic acids is 1. The zero-order valence-corrected chi connectivity index (χ0v) is 12.5. The number of hydrogen-bond donors (Lipinski definition) is 0. The van der Waals surface area contributed by atoms with Gasteiger partial charge in [-0.15, -0.1) is 0 Å². The Hall–Kier alpha value is -2.20. The normalized spacial score (nSPS) is 10.0. The number of benzene rings is 2. The highest BCUT2D eigenvalue weighted by atomic mass is 35.5. The Morgan fingerprint density at radius 2 is 1.86 bits per heavy atom. The van der Waals surface area contributed by atoms with Crippen LogP contribution in [0.25, 0.3) is 0 Å². The van der Waals surface area contributed by atoms with E-state index in [1.54, 1.807) is 43.5 Å². The van der Waals surface area contributed by atoms with Gasteiger partial charge in [0.1, 0.15) is 12.4 Å². The third-order valence-electron chi connectivity index (χ3n) is 2.97. The Morgan fingerprint density at radius 3 is 2.52 bits per heavy atom. The molecule has 0 atom stereocenters. The maximum absolute atomic E-state index is 11.1. The number of para-hydroxylation sites is 1. The summed E-state index contributed by atoms with van der Waals surface area (Å²) in [5, 5.41) is 0.588. The van der Waals surface area contributed by atoms with Gasteiger partial charge in [-0.2, -0.15) is 0 Å². The zero-order chi connectivity index (χ0) is 15.2. The van der Waals surface area contributed by atoms with Crippen molar-refractivity contribution in [3.8, 4) is 17.2 Å². The van der Waals surface area contributed by atoms with Crippen molar-refractivity contribution in [1.82, 2.24) is 0 Å². The van der Waals surface area contributed by atoms with E-state index in [0.717, 1.165) is 11.8 Å². The second-order valence-corrected chi connectivity index (χ2v) is 4.68. The summed E-state index contributed by atoms with van der Waals surface area (Å²) in [6, 6.07) is 10.4. The van der Waals surface area contributed by atoms with Gasteiger partial charge in [0, 0.05) is 10.6 Å². The highest BCUT2D eigenvalue weighted by Crippen LogP contribution is 2.32. The van der Waals surface area contributed by atoms with Crippen molar-refractivity contribution < 1.29 is 19.0 Å². The molecule has 2 aromatic rings. The summed E-state index contributed by atoms with van der Waals surface area (Å²) in [5.74, 6) is 1.57. The van der Waals surface area contributed by atoms with Crippen LogP contribution in [-0.2, 0) is 6.61 Å². The topological polar surface area (TPSA) is 44.8 Å². The molecule has 0 saturated carbocycles. The highest BCUT2D eigenvalue weighted by Gasteiger charge is 2.12. The number of methoxy groups -OCH3 is 2.